The van der Waals surface area contributed by atoms with Crippen LogP contribution in [0.25, 0.3) is 0 Å². The molecule has 2 aliphatic rings. The Hall–Kier alpha value is -0.770. The molecule has 1 amide bonds. The van der Waals surface area contributed by atoms with Gasteiger partial charge in [-0.05, 0) is 46.7 Å². The molecule has 19 heavy (non-hydrogen) atoms. The summed E-state index contributed by atoms with van der Waals surface area (Å²) in [5.74, 6) is 1.81. The van der Waals surface area contributed by atoms with Crippen LogP contribution in [0.15, 0.2) is 16.7 Å². The molecule has 1 aromatic rings. The maximum absolute atomic E-state index is 12.6. The van der Waals surface area contributed by atoms with E-state index in [-0.39, 0.29) is 5.91 Å². The highest BCUT2D eigenvalue weighted by Gasteiger charge is 2.33. The number of fused-ring (bicyclic) bond motifs is 1. The molecule has 3 nitrogen and oxygen atoms in total. The van der Waals surface area contributed by atoms with Crippen LogP contribution in [0.2, 0.25) is 0 Å². The second kappa shape index (κ2) is 5.31. The molecule has 0 spiro atoms. The molecule has 2 fully saturated rings. The van der Waals surface area contributed by atoms with Gasteiger partial charge in [-0.15, -0.1) is 0 Å². The standard InChI is InChI=1S/C15H21BrN2O/c1-17-10-13(16)8-14(17)15(19)18-7-6-11-4-2-3-5-12(11)9-18/h8,10-12H,2-7,9H2,1H3. The first-order chi connectivity index (χ1) is 9.15. The van der Waals surface area contributed by atoms with Crippen molar-refractivity contribution in [3.63, 3.8) is 0 Å². The molecular formula is C15H21BrN2O. The number of rotatable bonds is 1. The third-order valence-electron chi connectivity index (χ3n) is 4.77. The van der Waals surface area contributed by atoms with Crippen molar-refractivity contribution in [2.24, 2.45) is 18.9 Å². The lowest BCUT2D eigenvalue weighted by Crippen LogP contribution is -2.45. The Bertz CT molecular complexity index is 482. The highest BCUT2D eigenvalue weighted by atomic mass is 79.9. The lowest BCUT2D eigenvalue weighted by Gasteiger charge is -2.41. The van der Waals surface area contributed by atoms with Gasteiger partial charge in [0.05, 0.1) is 0 Å². The summed E-state index contributed by atoms with van der Waals surface area (Å²) in [5, 5.41) is 0. The van der Waals surface area contributed by atoms with Gasteiger partial charge in [-0.25, -0.2) is 0 Å². The number of likely N-dealkylation sites (tertiary alicyclic amines) is 1. The lowest BCUT2D eigenvalue weighted by molar-refractivity contribution is 0.0512. The SMILES string of the molecule is Cn1cc(Br)cc1C(=O)N1CCC2CCCCC2C1. The van der Waals surface area contributed by atoms with Crippen LogP contribution < -0.4 is 0 Å². The normalized spacial score (nSPS) is 27.2. The Morgan fingerprint density at radius 1 is 1.26 bits per heavy atom. The van der Waals surface area contributed by atoms with E-state index in [1.807, 2.05) is 23.9 Å². The Labute approximate surface area is 123 Å². The summed E-state index contributed by atoms with van der Waals surface area (Å²) in [7, 11) is 1.94. The summed E-state index contributed by atoms with van der Waals surface area (Å²) in [6.07, 6.45) is 8.56. The maximum Gasteiger partial charge on any atom is 0.270 e. The number of carbonyl (C=O) groups excluding carboxylic acids is 1. The Morgan fingerprint density at radius 2 is 2.00 bits per heavy atom. The fraction of sp³-hybridized carbons (Fsp3) is 0.667. The molecule has 0 N–H and O–H groups in total. The van der Waals surface area contributed by atoms with E-state index in [2.05, 4.69) is 20.8 Å². The summed E-state index contributed by atoms with van der Waals surface area (Å²) in [4.78, 5) is 14.7. The average Bonchev–Trinajstić information content (AvgIpc) is 2.76. The first kappa shape index (κ1) is 13.2. The van der Waals surface area contributed by atoms with Crippen molar-refractivity contribution in [1.29, 1.82) is 0 Å². The zero-order valence-corrected chi connectivity index (χ0v) is 13.0. The number of hydrogen-bond acceptors (Lipinski definition) is 1. The second-order valence-corrected chi connectivity index (χ2v) is 6.91. The average molecular weight is 325 g/mol. The maximum atomic E-state index is 12.6. The van der Waals surface area contributed by atoms with Crippen LogP contribution in [0.4, 0.5) is 0 Å². The van der Waals surface area contributed by atoms with E-state index in [1.165, 1.54) is 32.1 Å². The van der Waals surface area contributed by atoms with E-state index in [9.17, 15) is 4.79 Å². The van der Waals surface area contributed by atoms with Crippen molar-refractivity contribution in [2.75, 3.05) is 13.1 Å². The monoisotopic (exact) mass is 324 g/mol. The number of nitrogens with zero attached hydrogens (tertiary/aromatic N) is 2. The molecular weight excluding hydrogens is 304 g/mol. The first-order valence-corrected chi connectivity index (χ1v) is 8.05. The van der Waals surface area contributed by atoms with Gasteiger partial charge < -0.3 is 9.47 Å². The zero-order valence-electron chi connectivity index (χ0n) is 11.4. The predicted molar refractivity (Wildman–Crippen MR) is 79.1 cm³/mol. The van der Waals surface area contributed by atoms with Crippen LogP contribution in [0.3, 0.4) is 0 Å². The zero-order chi connectivity index (χ0) is 13.4. The van der Waals surface area contributed by atoms with E-state index < -0.39 is 0 Å². The number of amides is 1. The van der Waals surface area contributed by atoms with Crippen LogP contribution in [-0.2, 0) is 7.05 Å². The number of halogens is 1. The third-order valence-corrected chi connectivity index (χ3v) is 5.20. The number of aryl methyl sites for hydroxylation is 1. The van der Waals surface area contributed by atoms with Gasteiger partial charge in [0.15, 0.2) is 0 Å². The van der Waals surface area contributed by atoms with Crippen molar-refractivity contribution >= 4 is 21.8 Å². The Balaban J connectivity index is 1.72. The highest BCUT2D eigenvalue weighted by molar-refractivity contribution is 9.10. The van der Waals surface area contributed by atoms with Gasteiger partial charge in [0.1, 0.15) is 5.69 Å². The van der Waals surface area contributed by atoms with Crippen LogP contribution in [0.5, 0.6) is 0 Å². The van der Waals surface area contributed by atoms with Gasteiger partial charge in [-0.2, -0.15) is 0 Å². The van der Waals surface area contributed by atoms with Crippen LogP contribution in [0, 0.1) is 11.8 Å². The molecule has 1 aliphatic heterocycles. The third kappa shape index (κ3) is 2.60. The van der Waals surface area contributed by atoms with E-state index in [0.29, 0.717) is 0 Å². The Kier molecular flexibility index (Phi) is 3.70. The molecule has 0 radical (unpaired) electrons. The minimum atomic E-state index is 0.192. The minimum Gasteiger partial charge on any atom is -0.345 e. The lowest BCUT2D eigenvalue weighted by atomic mass is 9.75. The molecule has 104 valence electrons. The fourth-order valence-electron chi connectivity index (χ4n) is 3.68. The van der Waals surface area contributed by atoms with Gasteiger partial charge >= 0.3 is 0 Å². The fourth-order valence-corrected chi connectivity index (χ4v) is 4.21. The smallest absolute Gasteiger partial charge is 0.270 e. The quantitative estimate of drug-likeness (QED) is 0.776. The Morgan fingerprint density at radius 3 is 2.68 bits per heavy atom. The number of hydrogen-bond donors (Lipinski definition) is 0. The summed E-state index contributed by atoms with van der Waals surface area (Å²) in [5.41, 5.74) is 0.793. The number of aromatic nitrogens is 1. The van der Waals surface area contributed by atoms with Crippen molar-refractivity contribution in [2.45, 2.75) is 32.1 Å². The predicted octanol–water partition coefficient (Wildman–Crippen LogP) is 3.44. The van der Waals surface area contributed by atoms with Crippen molar-refractivity contribution in [3.8, 4) is 0 Å². The van der Waals surface area contributed by atoms with Crippen LogP contribution >= 0.6 is 15.9 Å². The number of piperidine rings is 1. The molecule has 2 heterocycles. The minimum absolute atomic E-state index is 0.192. The summed E-state index contributed by atoms with van der Waals surface area (Å²) < 4.78 is 2.89. The largest absolute Gasteiger partial charge is 0.345 e. The molecule has 4 heteroatoms. The van der Waals surface area contributed by atoms with E-state index in [1.54, 1.807) is 0 Å². The van der Waals surface area contributed by atoms with E-state index in [4.69, 9.17) is 0 Å². The van der Waals surface area contributed by atoms with Gasteiger partial charge in [0, 0.05) is 30.8 Å². The van der Waals surface area contributed by atoms with Crippen LogP contribution in [0.1, 0.15) is 42.6 Å². The highest BCUT2D eigenvalue weighted by Crippen LogP contribution is 2.36. The molecule has 1 saturated heterocycles. The molecule has 2 atom stereocenters. The molecule has 0 aromatic carbocycles. The van der Waals surface area contributed by atoms with Gasteiger partial charge in [-0.3, -0.25) is 4.79 Å². The molecule has 0 bridgehead atoms. The van der Waals surface area contributed by atoms with E-state index >= 15 is 0 Å². The topological polar surface area (TPSA) is 25.2 Å². The molecule has 1 aromatic heterocycles. The summed E-state index contributed by atoms with van der Waals surface area (Å²) in [6, 6.07) is 1.93. The molecule has 2 unspecified atom stereocenters. The van der Waals surface area contributed by atoms with Crippen LogP contribution in [-0.4, -0.2) is 28.5 Å². The van der Waals surface area contributed by atoms with Crippen molar-refractivity contribution in [3.05, 3.63) is 22.4 Å². The molecule has 1 aliphatic carbocycles. The first-order valence-electron chi connectivity index (χ1n) is 7.26. The molecule has 1 saturated carbocycles. The summed E-state index contributed by atoms with van der Waals surface area (Å²) in [6.45, 7) is 1.90. The number of carbonyl (C=O) groups is 1. The second-order valence-electron chi connectivity index (χ2n) is 6.00. The van der Waals surface area contributed by atoms with Gasteiger partial charge in [0.25, 0.3) is 5.91 Å². The van der Waals surface area contributed by atoms with Crippen molar-refractivity contribution < 1.29 is 4.79 Å². The molecule has 3 rings (SSSR count). The summed E-state index contributed by atoms with van der Waals surface area (Å²) >= 11 is 3.44. The van der Waals surface area contributed by atoms with E-state index in [0.717, 1.165) is 35.1 Å². The van der Waals surface area contributed by atoms with Crippen molar-refractivity contribution in [1.82, 2.24) is 9.47 Å². The van der Waals surface area contributed by atoms with Gasteiger partial charge in [-0.1, -0.05) is 19.3 Å². The van der Waals surface area contributed by atoms with Gasteiger partial charge in [0.2, 0.25) is 0 Å².